The van der Waals surface area contributed by atoms with E-state index in [1.54, 1.807) is 30.3 Å². The van der Waals surface area contributed by atoms with Crippen molar-refractivity contribution < 1.29 is 23.5 Å². The first-order valence-electron chi connectivity index (χ1n) is 8.77. The van der Waals surface area contributed by atoms with Gasteiger partial charge in [0.05, 0.1) is 10.5 Å². The van der Waals surface area contributed by atoms with E-state index in [0.29, 0.717) is 29.9 Å². The van der Waals surface area contributed by atoms with Crippen LogP contribution in [0.1, 0.15) is 31.9 Å². The highest BCUT2D eigenvalue weighted by molar-refractivity contribution is 8.26. The maximum atomic E-state index is 13.9. The molecule has 28 heavy (non-hydrogen) atoms. The van der Waals surface area contributed by atoms with E-state index in [1.165, 1.54) is 12.1 Å². The van der Waals surface area contributed by atoms with Crippen molar-refractivity contribution in [3.63, 3.8) is 0 Å². The van der Waals surface area contributed by atoms with E-state index >= 15 is 0 Å². The largest absolute Gasteiger partial charge is 0.480 e. The predicted octanol–water partition coefficient (Wildman–Crippen LogP) is 4.93. The molecule has 1 atom stereocenters. The number of hydrogen-bond acceptors (Lipinski definition) is 5. The number of nitrogens with zero attached hydrogens (tertiary/aromatic N) is 1. The Bertz CT molecular complexity index is 953. The summed E-state index contributed by atoms with van der Waals surface area (Å²) < 4.78 is 19.8. The van der Waals surface area contributed by atoms with Crippen molar-refractivity contribution >= 4 is 46.3 Å². The molecule has 0 radical (unpaired) electrons. The minimum atomic E-state index is -1.08. The summed E-state index contributed by atoms with van der Waals surface area (Å²) in [6.07, 6.45) is 3.34. The number of halogens is 1. The molecule has 1 fully saturated rings. The number of aliphatic carboxylic acids is 1. The first-order valence-corrected chi connectivity index (χ1v) is 9.99. The molecule has 1 amide bonds. The Morgan fingerprint density at radius 2 is 2.11 bits per heavy atom. The summed E-state index contributed by atoms with van der Waals surface area (Å²) in [7, 11) is 0. The van der Waals surface area contributed by atoms with Gasteiger partial charge in [0.2, 0.25) is 0 Å². The fourth-order valence-electron chi connectivity index (χ4n) is 2.87. The quantitative estimate of drug-likeness (QED) is 0.507. The van der Waals surface area contributed by atoms with Crippen LogP contribution < -0.4 is 0 Å². The number of carbonyl (C=O) groups excluding carboxylic acids is 1. The second kappa shape index (κ2) is 8.70. The molecule has 1 aliphatic heterocycles. The number of carbonyl (C=O) groups is 2. The summed E-state index contributed by atoms with van der Waals surface area (Å²) in [5, 5.41) is 9.49. The van der Waals surface area contributed by atoms with Crippen LogP contribution in [-0.2, 0) is 9.59 Å². The molecule has 3 rings (SSSR count). The third kappa shape index (κ3) is 4.18. The lowest BCUT2D eigenvalue weighted by Gasteiger charge is -2.22. The van der Waals surface area contributed by atoms with Crippen molar-refractivity contribution in [3.8, 4) is 11.3 Å². The summed E-state index contributed by atoms with van der Waals surface area (Å²) >= 11 is 6.27. The van der Waals surface area contributed by atoms with Gasteiger partial charge < -0.3 is 9.52 Å². The van der Waals surface area contributed by atoms with E-state index in [0.717, 1.165) is 23.1 Å². The van der Waals surface area contributed by atoms with Crippen molar-refractivity contribution in [1.29, 1.82) is 0 Å². The van der Waals surface area contributed by atoms with Crippen LogP contribution in [0.5, 0.6) is 0 Å². The smallest absolute Gasteiger partial charge is 0.326 e. The topological polar surface area (TPSA) is 70.8 Å². The molecule has 1 saturated heterocycles. The average Bonchev–Trinajstić information content (AvgIpc) is 3.22. The van der Waals surface area contributed by atoms with Crippen LogP contribution in [0.4, 0.5) is 4.39 Å². The maximum Gasteiger partial charge on any atom is 0.326 e. The van der Waals surface area contributed by atoms with Gasteiger partial charge in [0.15, 0.2) is 0 Å². The molecule has 2 heterocycles. The molecule has 0 bridgehead atoms. The number of amides is 1. The fourth-order valence-corrected chi connectivity index (χ4v) is 4.21. The molecule has 0 saturated carbocycles. The van der Waals surface area contributed by atoms with Crippen LogP contribution >= 0.6 is 24.0 Å². The molecule has 0 aliphatic carbocycles. The molecule has 1 aromatic carbocycles. The van der Waals surface area contributed by atoms with E-state index < -0.39 is 23.7 Å². The number of thioether (sulfide) groups is 1. The fraction of sp³-hybridized carbons (Fsp3) is 0.250. The van der Waals surface area contributed by atoms with Crippen molar-refractivity contribution in [3.05, 3.63) is 52.9 Å². The molecule has 146 valence electrons. The van der Waals surface area contributed by atoms with E-state index in [-0.39, 0.29) is 9.23 Å². The zero-order valence-corrected chi connectivity index (χ0v) is 16.7. The molecular formula is C20H18FNO4S2. The second-order valence-electron chi connectivity index (χ2n) is 6.23. The number of carboxylic acid groups (broad SMARTS) is 1. The number of hydrogen-bond donors (Lipinski definition) is 1. The summed E-state index contributed by atoms with van der Waals surface area (Å²) in [5.41, 5.74) is 0.320. The first-order chi connectivity index (χ1) is 13.4. The number of thiocarbonyl (C=S) groups is 1. The number of rotatable bonds is 7. The Hall–Kier alpha value is -2.45. The summed E-state index contributed by atoms with van der Waals surface area (Å²) in [6, 6.07) is 8.49. The highest BCUT2D eigenvalue weighted by Crippen LogP contribution is 2.36. The lowest BCUT2D eigenvalue weighted by molar-refractivity contribution is -0.145. The first kappa shape index (κ1) is 20.3. The Kier molecular flexibility index (Phi) is 6.31. The van der Waals surface area contributed by atoms with E-state index in [2.05, 4.69) is 0 Å². The Morgan fingerprint density at radius 3 is 2.79 bits per heavy atom. The van der Waals surface area contributed by atoms with Crippen LogP contribution in [0.15, 0.2) is 45.7 Å². The minimum Gasteiger partial charge on any atom is -0.480 e. The summed E-state index contributed by atoms with van der Waals surface area (Å²) in [4.78, 5) is 25.8. The molecule has 1 N–H and O–H groups in total. The van der Waals surface area contributed by atoms with Gasteiger partial charge in [-0.2, -0.15) is 0 Å². The van der Waals surface area contributed by atoms with E-state index in [9.17, 15) is 19.1 Å². The van der Waals surface area contributed by atoms with Crippen LogP contribution in [0, 0.1) is 5.82 Å². The Labute approximate surface area is 171 Å². The van der Waals surface area contributed by atoms with Crippen LogP contribution in [-0.4, -0.2) is 32.2 Å². The predicted molar refractivity (Wildman–Crippen MR) is 110 cm³/mol. The van der Waals surface area contributed by atoms with Gasteiger partial charge in [-0.15, -0.1) is 0 Å². The van der Waals surface area contributed by atoms with Gasteiger partial charge in [0.25, 0.3) is 5.91 Å². The van der Waals surface area contributed by atoms with Gasteiger partial charge in [-0.25, -0.2) is 9.18 Å². The van der Waals surface area contributed by atoms with Crippen LogP contribution in [0.25, 0.3) is 17.4 Å². The molecule has 0 spiro atoms. The summed E-state index contributed by atoms with van der Waals surface area (Å²) in [5.74, 6) is -1.24. The van der Waals surface area contributed by atoms with Crippen LogP contribution in [0.3, 0.4) is 0 Å². The maximum absolute atomic E-state index is 13.9. The van der Waals surface area contributed by atoms with Gasteiger partial charge in [0, 0.05) is 6.08 Å². The third-order valence-corrected chi connectivity index (χ3v) is 5.62. The zero-order chi connectivity index (χ0) is 20.3. The molecular weight excluding hydrogens is 401 g/mol. The van der Waals surface area contributed by atoms with Crippen molar-refractivity contribution in [1.82, 2.24) is 4.90 Å². The summed E-state index contributed by atoms with van der Waals surface area (Å²) in [6.45, 7) is 1.95. The van der Waals surface area contributed by atoms with Gasteiger partial charge >= 0.3 is 5.97 Å². The van der Waals surface area contributed by atoms with Gasteiger partial charge in [-0.1, -0.05) is 55.9 Å². The molecule has 1 aromatic heterocycles. The zero-order valence-electron chi connectivity index (χ0n) is 15.1. The lowest BCUT2D eigenvalue weighted by atomic mass is 10.1. The highest BCUT2D eigenvalue weighted by atomic mass is 32.2. The monoisotopic (exact) mass is 419 g/mol. The number of carboxylic acids is 1. The second-order valence-corrected chi connectivity index (χ2v) is 7.91. The van der Waals surface area contributed by atoms with Gasteiger partial charge in [-0.05, 0) is 30.7 Å². The van der Waals surface area contributed by atoms with Crippen molar-refractivity contribution in [2.75, 3.05) is 0 Å². The Morgan fingerprint density at radius 1 is 1.36 bits per heavy atom. The number of unbranched alkanes of at least 4 members (excludes halogenated alkanes) is 1. The minimum absolute atomic E-state index is 0.209. The lowest BCUT2D eigenvalue weighted by Crippen LogP contribution is -2.43. The van der Waals surface area contributed by atoms with Crippen LogP contribution in [0.2, 0.25) is 0 Å². The average molecular weight is 419 g/mol. The normalized spacial score (nSPS) is 16.8. The molecule has 2 aromatic rings. The third-order valence-electron chi connectivity index (χ3n) is 4.29. The highest BCUT2D eigenvalue weighted by Gasteiger charge is 2.40. The van der Waals surface area contributed by atoms with E-state index in [4.69, 9.17) is 16.6 Å². The molecule has 8 heteroatoms. The van der Waals surface area contributed by atoms with Gasteiger partial charge in [-0.3, -0.25) is 9.69 Å². The molecule has 1 unspecified atom stereocenters. The number of benzene rings is 1. The standard InChI is InChI=1S/C20H18FNO4S2/c1-2-3-8-15(19(24)25)22-18(23)17(28-20(22)27)11-12-9-10-16(26-12)13-6-4-5-7-14(13)21/h4-7,9-11,15H,2-3,8H2,1H3,(H,24,25). The number of furan rings is 1. The van der Waals surface area contributed by atoms with E-state index in [1.807, 2.05) is 6.92 Å². The van der Waals surface area contributed by atoms with Gasteiger partial charge in [0.1, 0.15) is 27.7 Å². The SMILES string of the molecule is CCCCC(C(=O)O)N1C(=O)C(=Cc2ccc(-c3ccccc3F)o2)SC1=S. The Balaban J connectivity index is 1.84. The van der Waals surface area contributed by atoms with Crippen molar-refractivity contribution in [2.45, 2.75) is 32.2 Å². The van der Waals surface area contributed by atoms with Crippen molar-refractivity contribution in [2.24, 2.45) is 0 Å². The molecule has 5 nitrogen and oxygen atoms in total. The molecule has 1 aliphatic rings.